The Kier molecular flexibility index (Phi) is 3.56. The van der Waals surface area contributed by atoms with Crippen molar-refractivity contribution < 1.29 is 13.2 Å². The van der Waals surface area contributed by atoms with Gasteiger partial charge in [-0.1, -0.05) is 0 Å². The van der Waals surface area contributed by atoms with Crippen LogP contribution in [0.5, 0.6) is 0 Å². The Balaban J connectivity index is 2.35. The van der Waals surface area contributed by atoms with Crippen LogP contribution in [0.25, 0.3) is 0 Å². The highest BCUT2D eigenvalue weighted by Gasteiger charge is 2.34. The fourth-order valence-corrected chi connectivity index (χ4v) is 3.65. The first-order valence-electron chi connectivity index (χ1n) is 5.76. The molecule has 2 atom stereocenters. The average molecular weight is 271 g/mol. The Labute approximate surface area is 107 Å². The van der Waals surface area contributed by atoms with Gasteiger partial charge in [-0.05, 0) is 19.9 Å². The second kappa shape index (κ2) is 4.83. The zero-order chi connectivity index (χ0) is 13.3. The van der Waals surface area contributed by atoms with Gasteiger partial charge in [0.2, 0.25) is 10.0 Å². The minimum Gasteiger partial charge on any atom is -0.384 e. The molecule has 18 heavy (non-hydrogen) atoms. The number of hydrogen-bond acceptors (Lipinski definition) is 5. The number of anilines is 1. The number of ether oxygens (including phenoxy) is 1. The first kappa shape index (κ1) is 13.3. The predicted octanol–water partition coefficient (Wildman–Crippen LogP) is 0.462. The third-order valence-electron chi connectivity index (χ3n) is 2.91. The van der Waals surface area contributed by atoms with E-state index in [0.717, 1.165) is 0 Å². The number of hydrogen-bond donors (Lipinski definition) is 1. The number of nitrogens with two attached hydrogens (primary N) is 1. The molecule has 7 heteroatoms. The highest BCUT2D eigenvalue weighted by atomic mass is 32.2. The number of aromatic nitrogens is 1. The molecule has 2 unspecified atom stereocenters. The Morgan fingerprint density at radius 1 is 1.50 bits per heavy atom. The van der Waals surface area contributed by atoms with E-state index in [2.05, 4.69) is 4.98 Å². The van der Waals surface area contributed by atoms with E-state index < -0.39 is 10.0 Å². The molecule has 100 valence electrons. The second-order valence-corrected chi connectivity index (χ2v) is 6.37. The normalized spacial score (nSPS) is 26.1. The van der Waals surface area contributed by atoms with Crippen molar-refractivity contribution in [2.45, 2.75) is 30.9 Å². The van der Waals surface area contributed by atoms with E-state index in [0.29, 0.717) is 13.2 Å². The summed E-state index contributed by atoms with van der Waals surface area (Å²) in [5.74, 6) is 0.199. The quantitative estimate of drug-likeness (QED) is 0.844. The van der Waals surface area contributed by atoms with E-state index in [1.165, 1.54) is 22.6 Å². The third-order valence-corrected chi connectivity index (χ3v) is 4.89. The van der Waals surface area contributed by atoms with Crippen LogP contribution in [0.3, 0.4) is 0 Å². The number of nitrogen functional groups attached to an aromatic ring is 1. The van der Waals surface area contributed by atoms with Crippen molar-refractivity contribution in [1.82, 2.24) is 9.29 Å². The van der Waals surface area contributed by atoms with Crippen LogP contribution in [-0.4, -0.2) is 43.0 Å². The van der Waals surface area contributed by atoms with Crippen molar-refractivity contribution in [2.75, 3.05) is 18.9 Å². The van der Waals surface area contributed by atoms with E-state index in [1.54, 1.807) is 0 Å². The number of rotatable bonds is 2. The fourth-order valence-electron chi connectivity index (χ4n) is 1.93. The molecular weight excluding hydrogens is 254 g/mol. The first-order chi connectivity index (χ1) is 8.41. The zero-order valence-corrected chi connectivity index (χ0v) is 11.2. The molecule has 1 aliphatic heterocycles. The standard InChI is InChI=1S/C11H17N3O3S/c1-8-7-17-9(2)6-14(8)18(15,16)10-3-4-13-11(12)5-10/h3-5,8-9H,6-7H2,1-2H3,(H2,12,13). The smallest absolute Gasteiger partial charge is 0.243 e. The molecule has 1 aromatic rings. The van der Waals surface area contributed by atoms with Gasteiger partial charge in [0, 0.05) is 24.8 Å². The lowest BCUT2D eigenvalue weighted by atomic mass is 10.2. The maximum Gasteiger partial charge on any atom is 0.243 e. The van der Waals surface area contributed by atoms with Crippen LogP contribution in [-0.2, 0) is 14.8 Å². The van der Waals surface area contributed by atoms with Crippen LogP contribution in [0.15, 0.2) is 23.2 Å². The number of nitrogens with zero attached hydrogens (tertiary/aromatic N) is 2. The molecule has 6 nitrogen and oxygen atoms in total. The minimum absolute atomic E-state index is 0.102. The van der Waals surface area contributed by atoms with Crippen molar-refractivity contribution in [3.8, 4) is 0 Å². The molecule has 1 aliphatic rings. The van der Waals surface area contributed by atoms with Gasteiger partial charge in [-0.25, -0.2) is 13.4 Å². The minimum atomic E-state index is -3.53. The Morgan fingerprint density at radius 2 is 2.22 bits per heavy atom. The van der Waals surface area contributed by atoms with Gasteiger partial charge < -0.3 is 10.5 Å². The molecule has 0 amide bonds. The van der Waals surface area contributed by atoms with Crippen LogP contribution in [0.4, 0.5) is 5.82 Å². The molecule has 0 radical (unpaired) electrons. The van der Waals surface area contributed by atoms with Gasteiger partial charge in [0.15, 0.2) is 0 Å². The summed E-state index contributed by atoms with van der Waals surface area (Å²) < 4.78 is 31.9. The molecule has 2 N–H and O–H groups in total. The van der Waals surface area contributed by atoms with Crippen molar-refractivity contribution in [1.29, 1.82) is 0 Å². The summed E-state index contributed by atoms with van der Waals surface area (Å²) in [6.45, 7) is 4.44. The number of pyridine rings is 1. The first-order valence-corrected chi connectivity index (χ1v) is 7.20. The van der Waals surface area contributed by atoms with E-state index >= 15 is 0 Å². The molecule has 2 heterocycles. The highest BCUT2D eigenvalue weighted by Crippen LogP contribution is 2.22. The lowest BCUT2D eigenvalue weighted by Crippen LogP contribution is -2.50. The molecule has 2 rings (SSSR count). The summed E-state index contributed by atoms with van der Waals surface area (Å²) in [6, 6.07) is 2.65. The highest BCUT2D eigenvalue weighted by molar-refractivity contribution is 7.89. The van der Waals surface area contributed by atoms with Gasteiger partial charge in [-0.2, -0.15) is 4.31 Å². The van der Waals surface area contributed by atoms with Crippen LogP contribution in [0, 0.1) is 0 Å². The monoisotopic (exact) mass is 271 g/mol. The zero-order valence-electron chi connectivity index (χ0n) is 10.4. The van der Waals surface area contributed by atoms with Gasteiger partial charge >= 0.3 is 0 Å². The topological polar surface area (TPSA) is 85.5 Å². The van der Waals surface area contributed by atoms with Crippen LogP contribution < -0.4 is 5.73 Å². The van der Waals surface area contributed by atoms with Crippen molar-refractivity contribution in [3.63, 3.8) is 0 Å². The van der Waals surface area contributed by atoms with E-state index in [-0.39, 0.29) is 22.9 Å². The Bertz CT molecular complexity index is 532. The van der Waals surface area contributed by atoms with Gasteiger partial charge in [0.05, 0.1) is 17.6 Å². The SMILES string of the molecule is CC1CN(S(=O)(=O)c2ccnc(N)c2)C(C)CO1. The van der Waals surface area contributed by atoms with Crippen LogP contribution in [0.2, 0.25) is 0 Å². The third kappa shape index (κ3) is 2.47. The maximum atomic E-state index is 12.5. The molecule has 0 saturated carbocycles. The molecule has 0 aromatic carbocycles. The summed E-state index contributed by atoms with van der Waals surface area (Å²) in [7, 11) is -3.53. The van der Waals surface area contributed by atoms with Crippen molar-refractivity contribution >= 4 is 15.8 Å². The lowest BCUT2D eigenvalue weighted by molar-refractivity contribution is -0.0170. The van der Waals surface area contributed by atoms with E-state index in [4.69, 9.17) is 10.5 Å². The summed E-state index contributed by atoms with van der Waals surface area (Å²) >= 11 is 0. The summed E-state index contributed by atoms with van der Waals surface area (Å²) in [4.78, 5) is 3.98. The molecular formula is C11H17N3O3S. The van der Waals surface area contributed by atoms with E-state index in [1.807, 2.05) is 13.8 Å². The number of sulfonamides is 1. The van der Waals surface area contributed by atoms with Gasteiger partial charge in [-0.3, -0.25) is 0 Å². The van der Waals surface area contributed by atoms with Gasteiger partial charge in [0.25, 0.3) is 0 Å². The van der Waals surface area contributed by atoms with Gasteiger partial charge in [-0.15, -0.1) is 0 Å². The lowest BCUT2D eigenvalue weighted by Gasteiger charge is -2.35. The van der Waals surface area contributed by atoms with Crippen LogP contribution in [0.1, 0.15) is 13.8 Å². The Morgan fingerprint density at radius 3 is 2.89 bits per heavy atom. The molecule has 0 bridgehead atoms. The number of morpholine rings is 1. The molecule has 1 saturated heterocycles. The molecule has 1 aromatic heterocycles. The maximum absolute atomic E-state index is 12.5. The largest absolute Gasteiger partial charge is 0.384 e. The predicted molar refractivity (Wildman–Crippen MR) is 67.4 cm³/mol. The Hall–Kier alpha value is -1.18. The van der Waals surface area contributed by atoms with Crippen molar-refractivity contribution in [3.05, 3.63) is 18.3 Å². The average Bonchev–Trinajstić information content (AvgIpc) is 2.32. The van der Waals surface area contributed by atoms with Crippen molar-refractivity contribution in [2.24, 2.45) is 0 Å². The summed E-state index contributed by atoms with van der Waals surface area (Å²) in [5.41, 5.74) is 5.53. The molecule has 1 fully saturated rings. The second-order valence-electron chi connectivity index (χ2n) is 4.48. The van der Waals surface area contributed by atoms with E-state index in [9.17, 15) is 8.42 Å². The molecule has 0 aliphatic carbocycles. The van der Waals surface area contributed by atoms with Crippen LogP contribution >= 0.6 is 0 Å². The van der Waals surface area contributed by atoms with Gasteiger partial charge in [0.1, 0.15) is 5.82 Å². The fraction of sp³-hybridized carbons (Fsp3) is 0.545. The summed E-state index contributed by atoms with van der Waals surface area (Å²) in [6.07, 6.45) is 1.30. The molecule has 0 spiro atoms. The summed E-state index contributed by atoms with van der Waals surface area (Å²) in [5, 5.41) is 0.